The normalized spacial score (nSPS) is 25.8. The number of methoxy groups -OCH3 is 1. The largest absolute Gasteiger partial charge is 0.493 e. The number of ether oxygens (including phenoxy) is 12. The fraction of sp³-hybridized carbons (Fsp3) is 0.564. The molecule has 0 aliphatic carbocycles. The number of aromatic nitrogens is 3. The van der Waals surface area contributed by atoms with Crippen LogP contribution in [0.4, 0.5) is 0 Å². The Labute approximate surface area is 349 Å². The lowest BCUT2D eigenvalue weighted by Gasteiger charge is -2.48. The van der Waals surface area contributed by atoms with Crippen LogP contribution in [0.25, 0.3) is 0 Å². The highest BCUT2D eigenvalue weighted by atomic mass is 16.8. The van der Waals surface area contributed by atoms with E-state index in [4.69, 9.17) is 56.8 Å². The Morgan fingerprint density at radius 3 is 1.74 bits per heavy atom. The summed E-state index contributed by atoms with van der Waals surface area (Å²) < 4.78 is 69.9. The summed E-state index contributed by atoms with van der Waals surface area (Å²) in [5, 5.41) is 8.32. The fourth-order valence-corrected chi connectivity index (χ4v) is 6.48. The molecular weight excluding hydrogens is 814 g/mol. The Balaban J connectivity index is 1.77. The molecule has 2 fully saturated rings. The van der Waals surface area contributed by atoms with Gasteiger partial charge >= 0.3 is 41.8 Å². The van der Waals surface area contributed by atoms with Gasteiger partial charge in [0, 0.05) is 48.5 Å². The number of carbonyl (C=O) groups is 7. The quantitative estimate of drug-likeness (QED) is 0.116. The predicted molar refractivity (Wildman–Crippen MR) is 200 cm³/mol. The monoisotopic (exact) mass is 863 g/mol. The standard InChI is InChI=1S/C39H49N3O19/c1-10-11-26-12-13-28(29(14-26)50-9)53-16-27-15-42(41-40-27)38-36(57-24(7)48)34(55-22(5)46)33(30(59-38)17-51-19(2)43)61-39-37(58-25(8)49)35(56-23(6)47)32(54-21(4)45)31(60-39)18-52-20(3)44/h10,12-15,30-39H,1,11,16-18H2,2-9H3/t30-,31-,32-,33-,34+,35+,36-,37-,38-,39-/m1/s1. The molecule has 1 aromatic heterocycles. The summed E-state index contributed by atoms with van der Waals surface area (Å²) in [6.07, 6.45) is -12.2. The molecule has 0 unspecified atom stereocenters. The first-order valence-corrected chi connectivity index (χ1v) is 18.8. The van der Waals surface area contributed by atoms with E-state index < -0.39 is 116 Å². The Kier molecular flexibility index (Phi) is 17.1. The van der Waals surface area contributed by atoms with Crippen molar-refractivity contribution in [3.8, 4) is 11.5 Å². The second kappa shape index (κ2) is 21.9. The van der Waals surface area contributed by atoms with Crippen LogP contribution in [0.5, 0.6) is 11.5 Å². The van der Waals surface area contributed by atoms with Gasteiger partial charge < -0.3 is 56.8 Å². The first-order chi connectivity index (χ1) is 28.9. The van der Waals surface area contributed by atoms with Gasteiger partial charge in [-0.3, -0.25) is 33.6 Å². The lowest BCUT2D eigenvalue weighted by atomic mass is 9.95. The average molecular weight is 864 g/mol. The second-order valence-corrected chi connectivity index (χ2v) is 13.6. The summed E-state index contributed by atoms with van der Waals surface area (Å²) in [6.45, 7) is 9.92. The molecule has 10 atom stereocenters. The molecule has 2 saturated heterocycles. The van der Waals surface area contributed by atoms with Crippen molar-refractivity contribution in [3.63, 3.8) is 0 Å². The van der Waals surface area contributed by atoms with Gasteiger partial charge in [0.25, 0.3) is 0 Å². The van der Waals surface area contributed by atoms with Crippen LogP contribution in [-0.2, 0) is 94.0 Å². The van der Waals surface area contributed by atoms with Crippen molar-refractivity contribution in [3.05, 3.63) is 48.3 Å². The zero-order valence-electron chi connectivity index (χ0n) is 34.8. The molecule has 22 heteroatoms. The summed E-state index contributed by atoms with van der Waals surface area (Å²) in [5.41, 5.74) is 1.21. The van der Waals surface area contributed by atoms with E-state index in [0.29, 0.717) is 17.9 Å². The molecule has 1 aromatic carbocycles. The molecular formula is C39H49N3O19. The van der Waals surface area contributed by atoms with Gasteiger partial charge in [0.2, 0.25) is 0 Å². The predicted octanol–water partition coefficient (Wildman–Crippen LogP) is 1.39. The molecule has 22 nitrogen and oxygen atoms in total. The number of benzene rings is 1. The number of rotatable bonds is 18. The molecule has 0 N–H and O–H groups in total. The van der Waals surface area contributed by atoms with Gasteiger partial charge in [0.1, 0.15) is 43.8 Å². The summed E-state index contributed by atoms with van der Waals surface area (Å²) in [6, 6.07) is 5.36. The Morgan fingerprint density at radius 1 is 0.672 bits per heavy atom. The molecule has 0 spiro atoms. The van der Waals surface area contributed by atoms with Gasteiger partial charge in [0.15, 0.2) is 54.5 Å². The first-order valence-electron chi connectivity index (χ1n) is 18.8. The molecule has 0 amide bonds. The summed E-state index contributed by atoms with van der Waals surface area (Å²) in [4.78, 5) is 86.8. The molecule has 61 heavy (non-hydrogen) atoms. The lowest BCUT2D eigenvalue weighted by molar-refractivity contribution is -0.349. The smallest absolute Gasteiger partial charge is 0.303 e. The third-order valence-corrected chi connectivity index (χ3v) is 8.71. The lowest BCUT2D eigenvalue weighted by Crippen LogP contribution is -2.66. The van der Waals surface area contributed by atoms with Crippen molar-refractivity contribution < 1.29 is 90.4 Å². The fourth-order valence-electron chi connectivity index (χ4n) is 6.48. The Morgan fingerprint density at radius 2 is 1.20 bits per heavy atom. The maximum absolute atomic E-state index is 12.8. The average Bonchev–Trinajstić information content (AvgIpc) is 3.64. The summed E-state index contributed by atoms with van der Waals surface area (Å²) >= 11 is 0. The zero-order chi connectivity index (χ0) is 45.0. The van der Waals surface area contributed by atoms with Crippen molar-refractivity contribution in [2.75, 3.05) is 20.3 Å². The molecule has 0 bridgehead atoms. The molecule has 334 valence electrons. The SMILES string of the molecule is C=CCc1ccc(OCc2cn([C@@H]3O[C@H](COC(C)=O)[C@@H](O[C@H]4O[C@H](COC(C)=O)[C@@H](OC(C)=O)[C@H](OC(C)=O)[C@H]4OC(C)=O)[C@H](OC(C)=O)[C@H]3OC(C)=O)nn2)c(OC)c1. The minimum Gasteiger partial charge on any atom is -0.493 e. The number of allylic oxidation sites excluding steroid dienone is 1. The molecule has 0 saturated carbocycles. The van der Waals surface area contributed by atoms with Gasteiger partial charge in [-0.2, -0.15) is 0 Å². The molecule has 3 heterocycles. The minimum atomic E-state index is -1.83. The molecule has 2 aromatic rings. The van der Waals surface area contributed by atoms with Gasteiger partial charge in [-0.25, -0.2) is 4.68 Å². The van der Waals surface area contributed by atoms with E-state index in [1.54, 1.807) is 18.2 Å². The van der Waals surface area contributed by atoms with Crippen molar-refractivity contribution in [1.82, 2.24) is 15.0 Å². The third kappa shape index (κ3) is 13.4. The molecule has 2 aliphatic rings. The zero-order valence-corrected chi connectivity index (χ0v) is 34.8. The van der Waals surface area contributed by atoms with Crippen molar-refractivity contribution in [2.24, 2.45) is 0 Å². The van der Waals surface area contributed by atoms with Gasteiger partial charge in [-0.05, 0) is 24.1 Å². The van der Waals surface area contributed by atoms with Crippen LogP contribution >= 0.6 is 0 Å². The van der Waals surface area contributed by atoms with Gasteiger partial charge in [0.05, 0.1) is 13.3 Å². The number of carbonyl (C=O) groups excluding carboxylic acids is 7. The number of hydrogen-bond acceptors (Lipinski definition) is 21. The van der Waals surface area contributed by atoms with Crippen molar-refractivity contribution in [1.29, 1.82) is 0 Å². The maximum Gasteiger partial charge on any atom is 0.303 e. The van der Waals surface area contributed by atoms with Crippen LogP contribution in [0.15, 0.2) is 37.1 Å². The van der Waals surface area contributed by atoms with Crippen LogP contribution in [0.3, 0.4) is 0 Å². The van der Waals surface area contributed by atoms with E-state index in [0.717, 1.165) is 54.0 Å². The highest BCUT2D eigenvalue weighted by molar-refractivity contribution is 5.69. The second-order valence-electron chi connectivity index (χ2n) is 13.6. The molecule has 0 radical (unpaired) electrons. The Hall–Kier alpha value is -6.13. The minimum absolute atomic E-state index is 0.124. The van der Waals surface area contributed by atoms with Crippen LogP contribution in [-0.4, -0.2) is 132 Å². The first kappa shape index (κ1) is 47.5. The molecule has 4 rings (SSSR count). The molecule has 2 aliphatic heterocycles. The summed E-state index contributed by atoms with van der Waals surface area (Å²) in [5.74, 6) is -5.14. The van der Waals surface area contributed by atoms with Gasteiger partial charge in [-0.1, -0.05) is 17.4 Å². The van der Waals surface area contributed by atoms with Crippen molar-refractivity contribution >= 4 is 41.8 Å². The number of hydrogen-bond donors (Lipinski definition) is 0. The van der Waals surface area contributed by atoms with Gasteiger partial charge in [-0.15, -0.1) is 11.7 Å². The van der Waals surface area contributed by atoms with E-state index in [1.807, 2.05) is 6.07 Å². The number of nitrogens with zero attached hydrogens (tertiary/aromatic N) is 3. The van der Waals surface area contributed by atoms with E-state index in [2.05, 4.69) is 16.9 Å². The third-order valence-electron chi connectivity index (χ3n) is 8.71. The van der Waals surface area contributed by atoms with Crippen molar-refractivity contribution in [2.45, 2.75) is 123 Å². The maximum atomic E-state index is 12.8. The van der Waals surface area contributed by atoms with E-state index in [9.17, 15) is 33.6 Å². The number of esters is 7. The van der Waals surface area contributed by atoms with Crippen LogP contribution in [0.2, 0.25) is 0 Å². The van der Waals surface area contributed by atoms with E-state index >= 15 is 0 Å². The van der Waals surface area contributed by atoms with E-state index in [1.165, 1.54) is 18.0 Å². The Bertz CT molecular complexity index is 1920. The van der Waals surface area contributed by atoms with Crippen LogP contribution in [0, 0.1) is 0 Å². The van der Waals surface area contributed by atoms with Crippen LogP contribution < -0.4 is 9.47 Å². The van der Waals surface area contributed by atoms with Crippen LogP contribution in [0.1, 0.15) is 66.0 Å². The highest BCUT2D eigenvalue weighted by Gasteiger charge is 2.58. The topological polar surface area (TPSA) is 261 Å². The van der Waals surface area contributed by atoms with E-state index in [-0.39, 0.29) is 12.3 Å². The highest BCUT2D eigenvalue weighted by Crippen LogP contribution is 2.38. The summed E-state index contributed by atoms with van der Waals surface area (Å²) in [7, 11) is 1.49.